The highest BCUT2D eigenvalue weighted by molar-refractivity contribution is 7.47. The maximum Gasteiger partial charge on any atom is 0.472 e. The Morgan fingerprint density at radius 2 is 0.587 bits per heavy atom. The lowest BCUT2D eigenvalue weighted by Gasteiger charge is -2.24. The number of carbonyl (C=O) groups is 2. The Balaban J connectivity index is 3.96. The lowest BCUT2D eigenvalue weighted by Crippen LogP contribution is -2.37. The Labute approximate surface area is 568 Å². The number of quaternary nitrogens is 1. The molecule has 9 nitrogen and oxygen atoms in total. The molecule has 2 unspecified atom stereocenters. The number of allylic oxidation sites excluding steroid dienone is 22. The number of phosphoric acid groups is 1. The molecule has 0 aliphatic rings. The smallest absolute Gasteiger partial charge is 0.462 e. The first-order valence-electron chi connectivity index (χ1n) is 37.9. The summed E-state index contributed by atoms with van der Waals surface area (Å²) in [5, 5.41) is 0. The molecule has 0 amide bonds. The van der Waals surface area contributed by atoms with Gasteiger partial charge in [-0.15, -0.1) is 0 Å². The van der Waals surface area contributed by atoms with Crippen molar-refractivity contribution in [2.75, 3.05) is 47.5 Å². The van der Waals surface area contributed by atoms with Gasteiger partial charge in [0.2, 0.25) is 0 Å². The monoisotopic (exact) mass is 1300 g/mol. The van der Waals surface area contributed by atoms with E-state index in [1.54, 1.807) is 0 Å². The van der Waals surface area contributed by atoms with Gasteiger partial charge < -0.3 is 18.9 Å². The van der Waals surface area contributed by atoms with Crippen molar-refractivity contribution in [3.8, 4) is 0 Å². The minimum absolute atomic E-state index is 0.0259. The fraction of sp³-hybridized carbons (Fsp3) is 0.707. The standard InChI is InChI=1S/C82H142NO8P/c1-6-8-10-12-14-16-18-20-22-24-26-28-30-32-34-35-36-37-38-39-40-41-42-43-44-45-46-47-49-50-52-54-56-58-60-62-64-66-68-70-72-74-81(84)88-78-80(79-90-92(86,87)89-77-76-83(3,4)5)91-82(85)75-73-71-69-67-65-63-61-59-57-55-53-51-48-33-31-29-27-25-23-21-19-17-15-13-11-9-7-2/h8-11,14-17,20-23,26-29,32-34,48,53,55,80H,6-7,12-13,18-19,24-25,30-31,35-47,49-52,54,56-79H2,1-5H3/p+1/b10-8-,11-9-,16-14-,17-15-,22-20-,23-21-,28-26-,29-27-,34-32-,48-33-,55-53-. The molecule has 2 atom stereocenters. The van der Waals surface area contributed by atoms with Crippen LogP contribution in [0.4, 0.5) is 0 Å². The lowest BCUT2D eigenvalue weighted by molar-refractivity contribution is -0.870. The van der Waals surface area contributed by atoms with Crippen molar-refractivity contribution in [1.82, 2.24) is 0 Å². The second-order valence-electron chi connectivity index (χ2n) is 26.3. The average Bonchev–Trinajstić information content (AvgIpc) is 2.14. The van der Waals surface area contributed by atoms with E-state index < -0.39 is 26.5 Å². The maximum absolute atomic E-state index is 12.9. The number of esters is 2. The number of unbranched alkanes of at least 4 members (excludes halogenated alkanes) is 33. The van der Waals surface area contributed by atoms with Crippen molar-refractivity contribution in [3.05, 3.63) is 134 Å². The molecular weight excluding hydrogens is 1160 g/mol. The highest BCUT2D eigenvalue weighted by atomic mass is 31.2. The summed E-state index contributed by atoms with van der Waals surface area (Å²) in [6, 6.07) is 0. The number of carbonyl (C=O) groups excluding carboxylic acids is 2. The van der Waals surface area contributed by atoms with Crippen LogP contribution in [0.5, 0.6) is 0 Å². The zero-order valence-electron chi connectivity index (χ0n) is 60.2. The normalized spacial score (nSPS) is 13.8. The minimum Gasteiger partial charge on any atom is -0.462 e. The van der Waals surface area contributed by atoms with Crippen LogP contribution in [-0.4, -0.2) is 74.9 Å². The van der Waals surface area contributed by atoms with E-state index in [0.717, 1.165) is 116 Å². The molecule has 0 aliphatic heterocycles. The number of ether oxygens (including phenoxy) is 2. The molecular formula is C82H143NO8P+. The summed E-state index contributed by atoms with van der Waals surface area (Å²) in [5.74, 6) is -0.801. The van der Waals surface area contributed by atoms with Crippen LogP contribution in [-0.2, 0) is 32.7 Å². The van der Waals surface area contributed by atoms with Gasteiger partial charge in [0.25, 0.3) is 0 Å². The predicted molar refractivity (Wildman–Crippen MR) is 399 cm³/mol. The van der Waals surface area contributed by atoms with E-state index >= 15 is 0 Å². The predicted octanol–water partition coefficient (Wildman–Crippen LogP) is 25.2. The zero-order valence-corrected chi connectivity index (χ0v) is 61.1. The summed E-state index contributed by atoms with van der Waals surface area (Å²) in [5.41, 5.74) is 0. The molecule has 0 saturated carbocycles. The number of rotatable bonds is 69. The molecule has 1 N–H and O–H groups in total. The van der Waals surface area contributed by atoms with Crippen molar-refractivity contribution < 1.29 is 42.1 Å². The van der Waals surface area contributed by atoms with Crippen molar-refractivity contribution in [2.45, 2.75) is 328 Å². The van der Waals surface area contributed by atoms with E-state index in [9.17, 15) is 19.0 Å². The average molecular weight is 1300 g/mol. The summed E-state index contributed by atoms with van der Waals surface area (Å²) in [6.07, 6.45) is 104. The second kappa shape index (κ2) is 71.4. The Morgan fingerprint density at radius 3 is 0.870 bits per heavy atom. The third-order valence-corrected chi connectivity index (χ3v) is 17.2. The van der Waals surface area contributed by atoms with E-state index in [1.165, 1.54) is 173 Å². The summed E-state index contributed by atoms with van der Waals surface area (Å²) in [6.45, 7) is 4.22. The van der Waals surface area contributed by atoms with Gasteiger partial charge >= 0.3 is 19.8 Å². The maximum atomic E-state index is 12.9. The Hall–Kier alpha value is -3.85. The molecule has 10 heteroatoms. The molecule has 0 radical (unpaired) electrons. The number of phosphoric ester groups is 1. The molecule has 0 saturated heterocycles. The molecule has 0 fully saturated rings. The van der Waals surface area contributed by atoms with Crippen LogP contribution in [0.15, 0.2) is 134 Å². The molecule has 0 aromatic heterocycles. The van der Waals surface area contributed by atoms with Gasteiger partial charge in [-0.3, -0.25) is 18.6 Å². The second-order valence-corrected chi connectivity index (χ2v) is 27.7. The molecule has 0 aromatic carbocycles. The molecule has 0 rings (SSSR count). The Morgan fingerprint density at radius 1 is 0.337 bits per heavy atom. The minimum atomic E-state index is -4.40. The van der Waals surface area contributed by atoms with Crippen molar-refractivity contribution in [3.63, 3.8) is 0 Å². The van der Waals surface area contributed by atoms with Gasteiger partial charge in [-0.2, -0.15) is 0 Å². The van der Waals surface area contributed by atoms with Crippen LogP contribution < -0.4 is 0 Å². The Kier molecular flexibility index (Phi) is 68.5. The SMILES string of the molecule is CC/C=C\C/C=C\C/C=C\C/C=C\C/C=C\C/C=C\CCCCCCCCCCC(=O)OC(COC(=O)CCCCCCCCCCCCCCCCCCCCCCCCCCC/C=C\C/C=C\C/C=C\C/C=C\C/C=C\CC)COP(=O)(O)OCC[N+](C)(C)C. The topological polar surface area (TPSA) is 108 Å². The first-order valence-corrected chi connectivity index (χ1v) is 39.4. The largest absolute Gasteiger partial charge is 0.472 e. The number of hydrogen-bond donors (Lipinski definition) is 1. The number of hydrogen-bond acceptors (Lipinski definition) is 7. The number of likely N-dealkylation sites (N-methyl/N-ethyl adjacent to an activating group) is 1. The van der Waals surface area contributed by atoms with Gasteiger partial charge in [0, 0.05) is 12.8 Å². The lowest BCUT2D eigenvalue weighted by atomic mass is 10.0. The van der Waals surface area contributed by atoms with E-state index in [0.29, 0.717) is 17.4 Å². The summed E-state index contributed by atoms with van der Waals surface area (Å²) < 4.78 is 34.8. The van der Waals surface area contributed by atoms with Crippen LogP contribution in [0, 0.1) is 0 Å². The molecule has 92 heavy (non-hydrogen) atoms. The molecule has 0 spiro atoms. The fourth-order valence-corrected chi connectivity index (χ4v) is 11.2. The summed E-state index contributed by atoms with van der Waals surface area (Å²) in [7, 11) is 1.47. The van der Waals surface area contributed by atoms with Crippen LogP contribution >= 0.6 is 7.82 Å². The molecule has 0 aliphatic carbocycles. The van der Waals surface area contributed by atoms with E-state index in [-0.39, 0.29) is 32.0 Å². The first kappa shape index (κ1) is 88.2. The van der Waals surface area contributed by atoms with Gasteiger partial charge in [-0.1, -0.05) is 334 Å². The van der Waals surface area contributed by atoms with E-state index in [4.69, 9.17) is 18.5 Å². The highest BCUT2D eigenvalue weighted by Crippen LogP contribution is 2.43. The summed E-state index contributed by atoms with van der Waals surface area (Å²) in [4.78, 5) is 35.9. The van der Waals surface area contributed by atoms with Crippen molar-refractivity contribution in [1.29, 1.82) is 0 Å². The molecule has 0 heterocycles. The zero-order chi connectivity index (χ0) is 66.9. The number of nitrogens with zero attached hydrogens (tertiary/aromatic N) is 1. The quantitative estimate of drug-likeness (QED) is 0.0211. The van der Waals surface area contributed by atoms with E-state index in [2.05, 4.69) is 148 Å². The highest BCUT2D eigenvalue weighted by Gasteiger charge is 2.27. The van der Waals surface area contributed by atoms with Crippen molar-refractivity contribution in [2.24, 2.45) is 0 Å². The van der Waals surface area contributed by atoms with Gasteiger partial charge in [0.15, 0.2) is 6.10 Å². The van der Waals surface area contributed by atoms with Gasteiger partial charge in [-0.05, 0) is 109 Å². The first-order chi connectivity index (χ1) is 45.0. The fourth-order valence-electron chi connectivity index (χ4n) is 10.5. The molecule has 528 valence electrons. The van der Waals surface area contributed by atoms with Crippen molar-refractivity contribution >= 4 is 19.8 Å². The van der Waals surface area contributed by atoms with Crippen LogP contribution in [0.25, 0.3) is 0 Å². The van der Waals surface area contributed by atoms with Crippen LogP contribution in [0.3, 0.4) is 0 Å². The van der Waals surface area contributed by atoms with E-state index in [1.807, 2.05) is 21.1 Å². The third kappa shape index (κ3) is 75.2. The molecule has 0 aromatic rings. The van der Waals surface area contributed by atoms with Gasteiger partial charge in [-0.25, -0.2) is 4.57 Å². The molecule has 0 bridgehead atoms. The summed E-state index contributed by atoms with van der Waals surface area (Å²) >= 11 is 0. The van der Waals surface area contributed by atoms with Gasteiger partial charge in [0.1, 0.15) is 19.8 Å². The third-order valence-electron chi connectivity index (χ3n) is 16.2. The van der Waals surface area contributed by atoms with Crippen LogP contribution in [0.1, 0.15) is 322 Å². The van der Waals surface area contributed by atoms with Crippen LogP contribution in [0.2, 0.25) is 0 Å². The Bertz CT molecular complexity index is 2020. The van der Waals surface area contributed by atoms with Gasteiger partial charge in [0.05, 0.1) is 27.7 Å².